The van der Waals surface area contributed by atoms with Crippen molar-refractivity contribution >= 4 is 0 Å². The highest BCUT2D eigenvalue weighted by atomic mass is 15.4. The summed E-state index contributed by atoms with van der Waals surface area (Å²) in [6.45, 7) is 9.49. The van der Waals surface area contributed by atoms with Gasteiger partial charge in [0.05, 0.1) is 0 Å². The summed E-state index contributed by atoms with van der Waals surface area (Å²) in [5, 5.41) is 0. The monoisotopic (exact) mass is 729 g/mol. The van der Waals surface area contributed by atoms with Gasteiger partial charge in [0, 0.05) is 25.5 Å². The predicted molar refractivity (Wildman–Crippen MR) is 237 cm³/mol. The molecule has 0 bridgehead atoms. The lowest BCUT2D eigenvalue weighted by Gasteiger charge is -2.33. The number of hydrogen-bond donors (Lipinski definition) is 0. The van der Waals surface area contributed by atoms with Gasteiger partial charge in [-0.05, 0) is 25.7 Å². The van der Waals surface area contributed by atoms with Gasteiger partial charge in [0.1, 0.15) is 6.17 Å². The van der Waals surface area contributed by atoms with E-state index >= 15 is 0 Å². The van der Waals surface area contributed by atoms with Crippen molar-refractivity contribution in [3.05, 3.63) is 12.4 Å². The fraction of sp³-hybridized carbons (Fsp3) is 0.960. The molecule has 0 aliphatic carbocycles. The van der Waals surface area contributed by atoms with Crippen LogP contribution in [0, 0.1) is 0 Å². The zero-order valence-electron chi connectivity index (χ0n) is 36.7. The van der Waals surface area contributed by atoms with Crippen LogP contribution in [0.4, 0.5) is 0 Å². The molecule has 1 heterocycles. The molecule has 1 unspecified atom stereocenters. The minimum absolute atomic E-state index is 0.636. The molecule has 0 aromatic carbocycles. The van der Waals surface area contributed by atoms with Gasteiger partial charge in [-0.3, -0.25) is 0 Å². The Morgan fingerprint density at radius 1 is 0.250 bits per heavy atom. The van der Waals surface area contributed by atoms with E-state index < -0.39 is 0 Å². The normalized spacial score (nSPS) is 14.4. The van der Waals surface area contributed by atoms with E-state index in [1.54, 1.807) is 0 Å². The zero-order chi connectivity index (χ0) is 37.3. The molecule has 0 aromatic rings. The molecule has 1 atom stereocenters. The van der Waals surface area contributed by atoms with E-state index in [4.69, 9.17) is 0 Å². The molecule has 0 fully saturated rings. The predicted octanol–water partition coefficient (Wildman–Crippen LogP) is 17.8. The van der Waals surface area contributed by atoms with E-state index in [1.165, 1.54) is 283 Å². The Labute approximate surface area is 330 Å². The molecule has 52 heavy (non-hydrogen) atoms. The van der Waals surface area contributed by atoms with E-state index in [-0.39, 0.29) is 0 Å². The number of nitrogens with zero attached hydrogens (tertiary/aromatic N) is 2. The van der Waals surface area contributed by atoms with Crippen LogP contribution >= 0.6 is 0 Å². The molecular formula is C50H100N2. The molecule has 0 spiro atoms. The van der Waals surface area contributed by atoms with E-state index in [1.807, 2.05) is 0 Å². The molecule has 0 N–H and O–H groups in total. The first kappa shape index (κ1) is 49.4. The SMILES string of the molecule is CCCCCCCCCCCCCCCCCCCN1C=CN(CCCCCCCCCCCCCC)C1CCCCCCCCCCCCCC. The van der Waals surface area contributed by atoms with E-state index in [0.29, 0.717) is 6.17 Å². The summed E-state index contributed by atoms with van der Waals surface area (Å²) in [4.78, 5) is 5.48. The molecule has 0 radical (unpaired) electrons. The highest BCUT2D eigenvalue weighted by molar-refractivity contribution is 4.97. The summed E-state index contributed by atoms with van der Waals surface area (Å²) in [5.41, 5.74) is 0. The van der Waals surface area contributed by atoms with Crippen molar-refractivity contribution < 1.29 is 0 Å². The van der Waals surface area contributed by atoms with Gasteiger partial charge in [0.2, 0.25) is 0 Å². The third kappa shape index (κ3) is 32.7. The lowest BCUT2D eigenvalue weighted by molar-refractivity contribution is 0.135. The number of rotatable bonds is 44. The van der Waals surface area contributed by atoms with Crippen LogP contribution in [0.15, 0.2) is 12.4 Å². The first-order valence-electron chi connectivity index (χ1n) is 25.0. The highest BCUT2D eigenvalue weighted by Gasteiger charge is 2.24. The molecule has 2 nitrogen and oxygen atoms in total. The van der Waals surface area contributed by atoms with Gasteiger partial charge in [-0.25, -0.2) is 0 Å². The van der Waals surface area contributed by atoms with Crippen LogP contribution in [0.1, 0.15) is 290 Å². The molecule has 310 valence electrons. The van der Waals surface area contributed by atoms with Gasteiger partial charge in [0.25, 0.3) is 0 Å². The molecule has 0 saturated heterocycles. The van der Waals surface area contributed by atoms with Crippen molar-refractivity contribution in [3.63, 3.8) is 0 Å². The number of unbranched alkanes of at least 4 members (excludes halogenated alkanes) is 38. The van der Waals surface area contributed by atoms with Gasteiger partial charge >= 0.3 is 0 Å². The third-order valence-electron chi connectivity index (χ3n) is 12.3. The quantitative estimate of drug-likeness (QED) is 0.0576. The van der Waals surface area contributed by atoms with E-state index in [0.717, 1.165) is 0 Å². The maximum atomic E-state index is 2.74. The summed E-state index contributed by atoms with van der Waals surface area (Å²) in [6, 6.07) is 0. The summed E-state index contributed by atoms with van der Waals surface area (Å²) >= 11 is 0. The van der Waals surface area contributed by atoms with Gasteiger partial charge < -0.3 is 9.80 Å². The second-order valence-corrected chi connectivity index (χ2v) is 17.5. The van der Waals surface area contributed by atoms with Crippen LogP contribution in [-0.4, -0.2) is 29.1 Å². The molecule has 0 aromatic heterocycles. The smallest absolute Gasteiger partial charge is 0.101 e. The van der Waals surface area contributed by atoms with Gasteiger partial charge in [-0.2, -0.15) is 0 Å². The van der Waals surface area contributed by atoms with Crippen molar-refractivity contribution in [1.29, 1.82) is 0 Å². The minimum atomic E-state index is 0.636. The van der Waals surface area contributed by atoms with Gasteiger partial charge in [-0.1, -0.05) is 265 Å². The second-order valence-electron chi connectivity index (χ2n) is 17.5. The maximum Gasteiger partial charge on any atom is 0.101 e. The lowest BCUT2D eigenvalue weighted by atomic mass is 10.0. The van der Waals surface area contributed by atoms with Crippen molar-refractivity contribution in [1.82, 2.24) is 9.80 Å². The first-order chi connectivity index (χ1) is 25.8. The summed E-state index contributed by atoms with van der Waals surface area (Å²) < 4.78 is 0. The Morgan fingerprint density at radius 2 is 0.442 bits per heavy atom. The topological polar surface area (TPSA) is 6.48 Å². The highest BCUT2D eigenvalue weighted by Crippen LogP contribution is 2.24. The Bertz CT molecular complexity index is 688. The molecule has 1 rings (SSSR count). The molecule has 0 saturated carbocycles. The summed E-state index contributed by atoms with van der Waals surface area (Å²) in [5.74, 6) is 0. The van der Waals surface area contributed by atoms with Crippen molar-refractivity contribution in [3.8, 4) is 0 Å². The average molecular weight is 729 g/mol. The fourth-order valence-corrected chi connectivity index (χ4v) is 8.66. The Balaban J connectivity index is 2.18. The molecule has 2 heteroatoms. The number of hydrogen-bond acceptors (Lipinski definition) is 2. The maximum absolute atomic E-state index is 2.74. The van der Waals surface area contributed by atoms with Crippen LogP contribution in [0.3, 0.4) is 0 Å². The van der Waals surface area contributed by atoms with E-state index in [9.17, 15) is 0 Å². The van der Waals surface area contributed by atoms with Gasteiger partial charge in [-0.15, -0.1) is 0 Å². The third-order valence-corrected chi connectivity index (χ3v) is 12.3. The molecule has 0 amide bonds. The van der Waals surface area contributed by atoms with E-state index in [2.05, 4.69) is 43.0 Å². The second kappa shape index (κ2) is 41.5. The summed E-state index contributed by atoms with van der Waals surface area (Å²) in [7, 11) is 0. The molecular weight excluding hydrogens is 629 g/mol. The Morgan fingerprint density at radius 3 is 0.673 bits per heavy atom. The van der Waals surface area contributed by atoms with Gasteiger partial charge in [0.15, 0.2) is 0 Å². The Kier molecular flexibility index (Phi) is 39.4. The van der Waals surface area contributed by atoms with Crippen molar-refractivity contribution in [2.75, 3.05) is 13.1 Å². The molecule has 1 aliphatic rings. The van der Waals surface area contributed by atoms with Crippen LogP contribution in [-0.2, 0) is 0 Å². The van der Waals surface area contributed by atoms with Crippen LogP contribution in [0.25, 0.3) is 0 Å². The largest absolute Gasteiger partial charge is 0.356 e. The zero-order valence-corrected chi connectivity index (χ0v) is 36.7. The first-order valence-corrected chi connectivity index (χ1v) is 25.0. The van der Waals surface area contributed by atoms with Crippen LogP contribution in [0.2, 0.25) is 0 Å². The minimum Gasteiger partial charge on any atom is -0.356 e. The molecule has 1 aliphatic heterocycles. The lowest BCUT2D eigenvalue weighted by Crippen LogP contribution is -2.39. The standard InChI is InChI=1S/C50H100N2/c1-4-7-10-13-16-19-22-25-26-27-28-29-32-35-38-41-44-47-52-49-48-51(46-43-40-37-34-31-24-21-18-15-12-9-6-3)50(52)45-42-39-36-33-30-23-20-17-14-11-8-5-2/h48-50H,4-47H2,1-3H3. The fourth-order valence-electron chi connectivity index (χ4n) is 8.66. The summed E-state index contributed by atoms with van der Waals surface area (Å²) in [6.07, 6.45) is 66.4. The average Bonchev–Trinajstić information content (AvgIpc) is 3.54. The van der Waals surface area contributed by atoms with Crippen LogP contribution in [0.5, 0.6) is 0 Å². The van der Waals surface area contributed by atoms with Crippen molar-refractivity contribution in [2.45, 2.75) is 297 Å². The Hall–Kier alpha value is -0.660. The van der Waals surface area contributed by atoms with Crippen LogP contribution < -0.4 is 0 Å². The van der Waals surface area contributed by atoms with Crippen molar-refractivity contribution in [2.24, 2.45) is 0 Å².